The number of amidine groups is 1. The van der Waals surface area contributed by atoms with Gasteiger partial charge in [0.2, 0.25) is 5.75 Å². The Morgan fingerprint density at radius 2 is 1.81 bits per heavy atom. The molecule has 2 aromatic rings. The highest BCUT2D eigenvalue weighted by atomic mass is 35.5. The number of ether oxygens (including phenoxy) is 3. The van der Waals surface area contributed by atoms with Gasteiger partial charge in [0.25, 0.3) is 5.91 Å². The SMILES string of the molecule is COc1cc(C(=O)N/N=C(\N)SCc2cccc(Cl)c2)cc(OC)c1OC. The zero-order valence-corrected chi connectivity index (χ0v) is 16.7. The molecule has 0 unspecified atom stereocenters. The maximum atomic E-state index is 12.4. The van der Waals surface area contributed by atoms with Crippen LogP contribution in [0.5, 0.6) is 17.2 Å². The van der Waals surface area contributed by atoms with Crippen LogP contribution >= 0.6 is 23.4 Å². The van der Waals surface area contributed by atoms with Gasteiger partial charge in [0.05, 0.1) is 21.3 Å². The van der Waals surface area contributed by atoms with Gasteiger partial charge in [0, 0.05) is 16.3 Å². The van der Waals surface area contributed by atoms with Gasteiger partial charge in [-0.25, -0.2) is 5.43 Å². The Morgan fingerprint density at radius 3 is 2.37 bits per heavy atom. The van der Waals surface area contributed by atoms with Gasteiger partial charge >= 0.3 is 0 Å². The molecule has 0 aliphatic heterocycles. The summed E-state index contributed by atoms with van der Waals surface area (Å²) in [4.78, 5) is 12.4. The number of hydrogen-bond acceptors (Lipinski definition) is 6. The summed E-state index contributed by atoms with van der Waals surface area (Å²) in [5.74, 6) is 1.26. The van der Waals surface area contributed by atoms with Crippen molar-refractivity contribution >= 4 is 34.4 Å². The normalized spacial score (nSPS) is 11.0. The number of hydrazone groups is 1. The predicted octanol–water partition coefficient (Wildman–Crippen LogP) is 3.26. The average Bonchev–Trinajstić information content (AvgIpc) is 2.69. The largest absolute Gasteiger partial charge is 0.493 e. The van der Waals surface area contributed by atoms with E-state index in [0.29, 0.717) is 33.6 Å². The summed E-state index contributed by atoms with van der Waals surface area (Å²) in [6.07, 6.45) is 0. The third-order valence-corrected chi connectivity index (χ3v) is 4.57. The molecule has 0 aliphatic carbocycles. The van der Waals surface area contributed by atoms with Crippen molar-refractivity contribution in [1.29, 1.82) is 0 Å². The molecule has 7 nitrogen and oxygen atoms in total. The highest BCUT2D eigenvalue weighted by Gasteiger charge is 2.16. The molecule has 2 aromatic carbocycles. The molecule has 0 fully saturated rings. The number of benzene rings is 2. The number of nitrogens with zero attached hydrogens (tertiary/aromatic N) is 1. The number of halogens is 1. The summed E-state index contributed by atoms with van der Waals surface area (Å²) in [5, 5.41) is 4.77. The van der Waals surface area contributed by atoms with Gasteiger partial charge in [-0.1, -0.05) is 35.5 Å². The number of thioether (sulfide) groups is 1. The molecule has 0 atom stereocenters. The number of nitrogens with two attached hydrogens (primary N) is 1. The van der Waals surface area contributed by atoms with Crippen molar-refractivity contribution in [2.24, 2.45) is 10.8 Å². The molecular formula is C18H20ClN3O4S. The van der Waals surface area contributed by atoms with Gasteiger partial charge in [-0.2, -0.15) is 0 Å². The number of rotatable bonds is 7. The second-order valence-electron chi connectivity index (χ2n) is 5.22. The Balaban J connectivity index is 2.04. The van der Waals surface area contributed by atoms with Crippen molar-refractivity contribution in [2.45, 2.75) is 5.75 Å². The summed E-state index contributed by atoms with van der Waals surface area (Å²) >= 11 is 7.23. The first-order chi connectivity index (χ1) is 13.0. The van der Waals surface area contributed by atoms with Crippen LogP contribution in [0.15, 0.2) is 41.5 Å². The molecule has 144 valence electrons. The van der Waals surface area contributed by atoms with Crippen molar-refractivity contribution in [3.63, 3.8) is 0 Å². The standard InChI is InChI=1S/C18H20ClN3O4S/c1-24-14-8-12(9-15(25-2)16(14)26-3)17(23)21-22-18(20)27-10-11-5-4-6-13(19)7-11/h4-9H,10H2,1-3H3,(H2,20,22)(H,21,23). The zero-order valence-electron chi connectivity index (χ0n) is 15.1. The number of nitrogens with one attached hydrogen (secondary N) is 1. The van der Waals surface area contributed by atoms with Crippen LogP contribution in [0.2, 0.25) is 5.02 Å². The van der Waals surface area contributed by atoms with Crippen LogP contribution < -0.4 is 25.4 Å². The van der Waals surface area contributed by atoms with E-state index < -0.39 is 5.91 Å². The topological polar surface area (TPSA) is 95.2 Å². The van der Waals surface area contributed by atoms with Crippen LogP contribution in [0.3, 0.4) is 0 Å². The summed E-state index contributed by atoms with van der Waals surface area (Å²) in [6, 6.07) is 10.5. The first kappa shape index (κ1) is 20.7. The second-order valence-corrected chi connectivity index (χ2v) is 6.66. The minimum absolute atomic E-state index is 0.218. The fourth-order valence-corrected chi connectivity index (χ4v) is 3.02. The predicted molar refractivity (Wildman–Crippen MR) is 108 cm³/mol. The minimum Gasteiger partial charge on any atom is -0.493 e. The molecule has 0 bridgehead atoms. The van der Waals surface area contributed by atoms with Gasteiger partial charge in [0.15, 0.2) is 16.7 Å². The minimum atomic E-state index is -0.458. The van der Waals surface area contributed by atoms with Crippen molar-refractivity contribution in [3.05, 3.63) is 52.5 Å². The van der Waals surface area contributed by atoms with Crippen LogP contribution in [-0.4, -0.2) is 32.4 Å². The Morgan fingerprint density at radius 1 is 1.15 bits per heavy atom. The average molecular weight is 410 g/mol. The third kappa shape index (κ3) is 5.70. The smallest absolute Gasteiger partial charge is 0.271 e. The molecule has 0 radical (unpaired) electrons. The number of carbonyl (C=O) groups is 1. The lowest BCUT2D eigenvalue weighted by Crippen LogP contribution is -2.22. The fourth-order valence-electron chi connectivity index (χ4n) is 2.20. The summed E-state index contributed by atoms with van der Waals surface area (Å²) < 4.78 is 15.7. The van der Waals surface area contributed by atoms with Gasteiger partial charge in [-0.05, 0) is 29.8 Å². The van der Waals surface area contributed by atoms with Gasteiger partial charge in [-0.15, -0.1) is 5.10 Å². The number of carbonyl (C=O) groups excluding carboxylic acids is 1. The zero-order chi connectivity index (χ0) is 19.8. The molecule has 0 aromatic heterocycles. The van der Waals surface area contributed by atoms with E-state index in [1.807, 2.05) is 18.2 Å². The lowest BCUT2D eigenvalue weighted by molar-refractivity contribution is 0.0954. The Bertz CT molecular complexity index is 820. The quantitative estimate of drug-likeness (QED) is 0.414. The molecule has 1 amide bonds. The van der Waals surface area contributed by atoms with Crippen molar-refractivity contribution in [1.82, 2.24) is 5.43 Å². The number of methoxy groups -OCH3 is 3. The molecule has 0 spiro atoms. The molecule has 27 heavy (non-hydrogen) atoms. The van der Waals surface area contributed by atoms with E-state index in [0.717, 1.165) is 5.56 Å². The lowest BCUT2D eigenvalue weighted by atomic mass is 10.1. The van der Waals surface area contributed by atoms with Crippen molar-refractivity contribution < 1.29 is 19.0 Å². The van der Waals surface area contributed by atoms with Crippen LogP contribution in [0, 0.1) is 0 Å². The summed E-state index contributed by atoms with van der Waals surface area (Å²) in [7, 11) is 4.44. The second kappa shape index (κ2) is 9.94. The van der Waals surface area contributed by atoms with E-state index in [2.05, 4.69) is 10.5 Å². The molecule has 0 aliphatic rings. The Kier molecular flexibility index (Phi) is 7.63. The Hall–Kier alpha value is -2.58. The van der Waals surface area contributed by atoms with Gasteiger partial charge in [-0.3, -0.25) is 4.79 Å². The van der Waals surface area contributed by atoms with Crippen LogP contribution in [-0.2, 0) is 5.75 Å². The summed E-state index contributed by atoms with van der Waals surface area (Å²) in [6.45, 7) is 0. The first-order valence-electron chi connectivity index (χ1n) is 7.79. The van der Waals surface area contributed by atoms with E-state index in [-0.39, 0.29) is 5.17 Å². The molecular weight excluding hydrogens is 390 g/mol. The molecule has 3 N–H and O–H groups in total. The van der Waals surface area contributed by atoms with Crippen molar-refractivity contribution in [3.8, 4) is 17.2 Å². The molecule has 0 saturated heterocycles. The number of amides is 1. The van der Waals surface area contributed by atoms with E-state index in [1.54, 1.807) is 6.07 Å². The third-order valence-electron chi connectivity index (χ3n) is 3.47. The van der Waals surface area contributed by atoms with E-state index >= 15 is 0 Å². The summed E-state index contributed by atoms with van der Waals surface area (Å²) in [5.41, 5.74) is 9.55. The Labute approximate surface area is 166 Å². The monoisotopic (exact) mass is 409 g/mol. The highest BCUT2D eigenvalue weighted by Crippen LogP contribution is 2.38. The molecule has 0 heterocycles. The molecule has 0 saturated carbocycles. The van der Waals surface area contributed by atoms with Crippen LogP contribution in [0.1, 0.15) is 15.9 Å². The van der Waals surface area contributed by atoms with Gasteiger partial charge < -0.3 is 19.9 Å². The molecule has 2 rings (SSSR count). The van der Waals surface area contributed by atoms with Gasteiger partial charge in [0.1, 0.15) is 0 Å². The number of hydrogen-bond donors (Lipinski definition) is 2. The van der Waals surface area contributed by atoms with E-state index in [4.69, 9.17) is 31.5 Å². The van der Waals surface area contributed by atoms with E-state index in [9.17, 15) is 4.79 Å². The lowest BCUT2D eigenvalue weighted by Gasteiger charge is -2.13. The first-order valence-corrected chi connectivity index (χ1v) is 9.15. The van der Waals surface area contributed by atoms with Crippen LogP contribution in [0.25, 0.3) is 0 Å². The van der Waals surface area contributed by atoms with E-state index in [1.165, 1.54) is 45.2 Å². The maximum absolute atomic E-state index is 12.4. The van der Waals surface area contributed by atoms with Crippen molar-refractivity contribution in [2.75, 3.05) is 21.3 Å². The molecule has 9 heteroatoms. The highest BCUT2D eigenvalue weighted by molar-refractivity contribution is 8.13. The fraction of sp³-hybridized carbons (Fsp3) is 0.222. The van der Waals surface area contributed by atoms with Crippen LogP contribution in [0.4, 0.5) is 0 Å². The maximum Gasteiger partial charge on any atom is 0.271 e.